The molecular formula is C15H14F7NO2. The third-order valence-corrected chi connectivity index (χ3v) is 4.01. The molecule has 0 atom stereocenters. The van der Waals surface area contributed by atoms with Crippen molar-refractivity contribution >= 4 is 5.71 Å². The molecule has 0 bridgehead atoms. The van der Waals surface area contributed by atoms with E-state index in [9.17, 15) is 30.7 Å². The van der Waals surface area contributed by atoms with Crippen LogP contribution < -0.4 is 0 Å². The zero-order chi connectivity index (χ0) is 19.2. The number of allylic oxidation sites excluding steroid dienone is 4. The van der Waals surface area contributed by atoms with E-state index in [1.807, 2.05) is 0 Å². The molecule has 0 saturated heterocycles. The summed E-state index contributed by atoms with van der Waals surface area (Å²) in [5.74, 6) is -7.29. The van der Waals surface area contributed by atoms with Crippen LogP contribution in [0.15, 0.2) is 40.3 Å². The van der Waals surface area contributed by atoms with E-state index in [0.29, 0.717) is 6.92 Å². The van der Waals surface area contributed by atoms with Crippen LogP contribution in [-0.2, 0) is 4.74 Å². The number of ether oxygens (including phenoxy) is 1. The van der Waals surface area contributed by atoms with Crippen LogP contribution in [0.2, 0.25) is 0 Å². The van der Waals surface area contributed by atoms with Gasteiger partial charge in [0.25, 0.3) is 11.8 Å². The lowest BCUT2D eigenvalue weighted by Gasteiger charge is -2.35. The van der Waals surface area contributed by atoms with Crippen LogP contribution in [0, 0.1) is 0 Å². The van der Waals surface area contributed by atoms with E-state index in [4.69, 9.17) is 9.94 Å². The summed E-state index contributed by atoms with van der Waals surface area (Å²) in [6.07, 6.45) is -7.68. The first-order valence-electron chi connectivity index (χ1n) is 7.11. The average molecular weight is 373 g/mol. The second-order valence-electron chi connectivity index (χ2n) is 5.88. The molecular weight excluding hydrogens is 359 g/mol. The van der Waals surface area contributed by atoms with Gasteiger partial charge in [-0.15, -0.1) is 0 Å². The van der Waals surface area contributed by atoms with Crippen molar-refractivity contribution in [1.82, 2.24) is 0 Å². The smallest absolute Gasteiger partial charge is 0.413 e. The molecule has 0 spiro atoms. The molecule has 1 N–H and O–H groups in total. The fourth-order valence-corrected chi connectivity index (χ4v) is 2.71. The first-order valence-corrected chi connectivity index (χ1v) is 7.11. The molecule has 0 aromatic rings. The minimum Gasteiger partial charge on any atom is -0.490 e. The Morgan fingerprint density at radius 2 is 1.84 bits per heavy atom. The van der Waals surface area contributed by atoms with Crippen LogP contribution >= 0.6 is 0 Å². The molecule has 0 amide bonds. The van der Waals surface area contributed by atoms with Crippen LogP contribution in [-0.4, -0.2) is 35.0 Å². The van der Waals surface area contributed by atoms with Gasteiger partial charge in [-0.25, -0.2) is 8.78 Å². The topological polar surface area (TPSA) is 41.8 Å². The number of hydrogen-bond acceptors (Lipinski definition) is 3. The van der Waals surface area contributed by atoms with Crippen LogP contribution in [0.3, 0.4) is 0 Å². The molecule has 0 aliphatic heterocycles. The first kappa shape index (κ1) is 19.3. The van der Waals surface area contributed by atoms with E-state index >= 15 is 0 Å². The van der Waals surface area contributed by atoms with Gasteiger partial charge in [-0.2, -0.15) is 22.0 Å². The summed E-state index contributed by atoms with van der Waals surface area (Å²) < 4.78 is 97.9. The van der Waals surface area contributed by atoms with Gasteiger partial charge in [0.15, 0.2) is 5.71 Å². The van der Waals surface area contributed by atoms with Gasteiger partial charge in [0, 0.05) is 36.0 Å². The Balaban J connectivity index is 2.53. The van der Waals surface area contributed by atoms with Gasteiger partial charge in [-0.1, -0.05) is 11.7 Å². The first-order chi connectivity index (χ1) is 11.3. The van der Waals surface area contributed by atoms with Crippen molar-refractivity contribution in [1.29, 1.82) is 0 Å². The Hall–Kier alpha value is -2.00. The molecule has 0 radical (unpaired) electrons. The summed E-state index contributed by atoms with van der Waals surface area (Å²) in [5, 5.41) is 11.1. The number of halogens is 7. The summed E-state index contributed by atoms with van der Waals surface area (Å²) in [6.45, 7) is 3.84. The lowest BCUT2D eigenvalue weighted by molar-refractivity contribution is -0.150. The molecule has 25 heavy (non-hydrogen) atoms. The monoisotopic (exact) mass is 373 g/mol. The van der Waals surface area contributed by atoms with Crippen molar-refractivity contribution in [3.63, 3.8) is 0 Å². The van der Waals surface area contributed by atoms with Crippen molar-refractivity contribution in [2.75, 3.05) is 0 Å². The maximum Gasteiger partial charge on any atom is 0.413 e. The second kappa shape index (κ2) is 6.06. The predicted molar refractivity (Wildman–Crippen MR) is 73.8 cm³/mol. The van der Waals surface area contributed by atoms with Crippen molar-refractivity contribution < 1.29 is 40.7 Å². The Bertz CT molecular complexity index is 666. The SMILES string of the molecule is C=C/C(OC1CC(F)(F)C1)=C1/CC(F)(F)C(=N\O)/C1=C(/C)C(F)(F)F. The van der Waals surface area contributed by atoms with Crippen LogP contribution in [0.4, 0.5) is 30.7 Å². The molecule has 2 rings (SSSR count). The Morgan fingerprint density at radius 3 is 2.24 bits per heavy atom. The minimum absolute atomic E-state index is 0.461. The number of nitrogens with zero attached hydrogens (tertiary/aromatic N) is 1. The lowest BCUT2D eigenvalue weighted by Crippen LogP contribution is -2.41. The second-order valence-corrected chi connectivity index (χ2v) is 5.88. The zero-order valence-corrected chi connectivity index (χ0v) is 12.9. The summed E-state index contributed by atoms with van der Waals surface area (Å²) in [5.41, 5.74) is -4.45. The van der Waals surface area contributed by atoms with Gasteiger partial charge >= 0.3 is 6.18 Å². The van der Waals surface area contributed by atoms with Gasteiger partial charge in [0.2, 0.25) is 0 Å². The molecule has 0 unspecified atom stereocenters. The molecule has 2 aliphatic carbocycles. The number of oxime groups is 1. The van der Waals surface area contributed by atoms with E-state index < -0.39 is 71.6 Å². The molecule has 0 aromatic carbocycles. The van der Waals surface area contributed by atoms with E-state index in [1.54, 1.807) is 0 Å². The number of rotatable bonds is 3. The van der Waals surface area contributed by atoms with E-state index in [1.165, 1.54) is 0 Å². The summed E-state index contributed by atoms with van der Waals surface area (Å²) in [4.78, 5) is 0. The van der Waals surface area contributed by atoms with E-state index in [0.717, 1.165) is 6.08 Å². The van der Waals surface area contributed by atoms with Gasteiger partial charge in [-0.05, 0) is 13.0 Å². The average Bonchev–Trinajstić information content (AvgIpc) is 2.70. The Kier molecular flexibility index (Phi) is 4.69. The van der Waals surface area contributed by atoms with Crippen LogP contribution in [0.25, 0.3) is 0 Å². The highest BCUT2D eigenvalue weighted by Crippen LogP contribution is 2.47. The normalized spacial score (nSPS) is 28.6. The number of alkyl halides is 7. The fourth-order valence-electron chi connectivity index (χ4n) is 2.71. The number of hydrogen-bond donors (Lipinski definition) is 1. The van der Waals surface area contributed by atoms with Crippen molar-refractivity contribution in [3.8, 4) is 0 Å². The predicted octanol–water partition coefficient (Wildman–Crippen LogP) is 4.99. The van der Waals surface area contributed by atoms with Gasteiger partial charge in [-0.3, -0.25) is 0 Å². The summed E-state index contributed by atoms with van der Waals surface area (Å²) in [6, 6.07) is 0. The molecule has 140 valence electrons. The lowest BCUT2D eigenvalue weighted by atomic mass is 9.90. The van der Waals surface area contributed by atoms with Crippen molar-refractivity contribution in [3.05, 3.63) is 35.1 Å². The molecule has 3 nitrogen and oxygen atoms in total. The maximum atomic E-state index is 14.0. The third kappa shape index (κ3) is 3.67. The molecule has 0 aromatic heterocycles. The largest absolute Gasteiger partial charge is 0.490 e. The summed E-state index contributed by atoms with van der Waals surface area (Å²) in [7, 11) is 0. The minimum atomic E-state index is -4.97. The van der Waals surface area contributed by atoms with Crippen molar-refractivity contribution in [2.24, 2.45) is 5.16 Å². The Labute approximate surface area is 138 Å². The molecule has 2 saturated carbocycles. The van der Waals surface area contributed by atoms with Crippen LogP contribution in [0.1, 0.15) is 26.2 Å². The molecule has 0 heterocycles. The van der Waals surface area contributed by atoms with Gasteiger partial charge < -0.3 is 9.94 Å². The van der Waals surface area contributed by atoms with Gasteiger partial charge in [0.05, 0.1) is 0 Å². The highest BCUT2D eigenvalue weighted by Gasteiger charge is 2.53. The van der Waals surface area contributed by atoms with Crippen LogP contribution in [0.5, 0.6) is 0 Å². The highest BCUT2D eigenvalue weighted by atomic mass is 19.4. The third-order valence-electron chi connectivity index (χ3n) is 4.01. The quantitative estimate of drug-likeness (QED) is 0.328. The summed E-state index contributed by atoms with van der Waals surface area (Å²) >= 11 is 0. The maximum absolute atomic E-state index is 14.0. The van der Waals surface area contributed by atoms with E-state index in [2.05, 4.69) is 11.7 Å². The van der Waals surface area contributed by atoms with Gasteiger partial charge in [0.1, 0.15) is 11.9 Å². The molecule has 2 fully saturated rings. The highest BCUT2D eigenvalue weighted by molar-refractivity contribution is 6.12. The van der Waals surface area contributed by atoms with Crippen molar-refractivity contribution in [2.45, 2.75) is 50.3 Å². The Morgan fingerprint density at radius 1 is 1.28 bits per heavy atom. The van der Waals surface area contributed by atoms with E-state index in [-0.39, 0.29) is 0 Å². The zero-order valence-electron chi connectivity index (χ0n) is 12.9. The fraction of sp³-hybridized carbons (Fsp3) is 0.533. The molecule has 2 aliphatic rings. The molecule has 10 heteroatoms. The standard InChI is InChI=1S/C15H14F7NO2/c1-3-10(25-8-4-13(16,17)5-8)9-6-14(18,19)12(23-24)11(9)7(2)15(20,21)22/h3,8,24H,1,4-6H2,2H3/b10-9+,11-7-,23-12-.